The van der Waals surface area contributed by atoms with Crippen LogP contribution in [0, 0.1) is 0 Å². The quantitative estimate of drug-likeness (QED) is 0.246. The molecule has 4 aromatic heterocycles. The molecule has 39 heavy (non-hydrogen) atoms. The van der Waals surface area contributed by atoms with Gasteiger partial charge in [-0.1, -0.05) is 48.5 Å². The molecule has 0 bridgehead atoms. The molecule has 7 rings (SSSR count). The summed E-state index contributed by atoms with van der Waals surface area (Å²) in [6.45, 7) is 0. The molecule has 0 fully saturated rings. The first kappa shape index (κ1) is 22.9. The Morgan fingerprint density at radius 1 is 0.846 bits per heavy atom. The van der Waals surface area contributed by atoms with E-state index < -0.39 is 0 Å². The zero-order valence-corrected chi connectivity index (χ0v) is 21.2. The second kappa shape index (κ2) is 9.23. The van der Waals surface area contributed by atoms with Crippen LogP contribution in [0.25, 0.3) is 50.3 Å². The molecule has 0 aliphatic heterocycles. The zero-order chi connectivity index (χ0) is 26.3. The number of anilines is 1. The Hall–Kier alpha value is -5.28. The predicted octanol–water partition coefficient (Wildman–Crippen LogP) is 6.24. The maximum absolute atomic E-state index is 13.4. The van der Waals surface area contributed by atoms with E-state index in [9.17, 15) is 9.59 Å². The van der Waals surface area contributed by atoms with Crippen molar-refractivity contribution in [3.63, 3.8) is 0 Å². The number of carbonyl (C=O) groups is 1. The minimum atomic E-state index is -0.271. The summed E-state index contributed by atoms with van der Waals surface area (Å²) in [5.74, 6) is 0.284. The largest absolute Gasteiger partial charge is 0.353 e. The number of benzene rings is 3. The Balaban J connectivity index is 1.23. The van der Waals surface area contributed by atoms with Gasteiger partial charge in [-0.25, -0.2) is 9.67 Å². The highest BCUT2D eigenvalue weighted by Crippen LogP contribution is 2.27. The Bertz CT molecular complexity index is 2040. The summed E-state index contributed by atoms with van der Waals surface area (Å²) in [7, 11) is 0. The fourth-order valence-corrected chi connectivity index (χ4v) is 5.27. The Morgan fingerprint density at radius 3 is 2.46 bits per heavy atom. The molecule has 0 spiro atoms. The van der Waals surface area contributed by atoms with Crippen LogP contribution in [0.4, 0.5) is 5.82 Å². The smallest absolute Gasteiger partial charge is 0.276 e. The van der Waals surface area contributed by atoms with Crippen LogP contribution < -0.4 is 10.9 Å². The van der Waals surface area contributed by atoms with Crippen molar-refractivity contribution in [2.75, 3.05) is 5.32 Å². The van der Waals surface area contributed by atoms with Crippen LogP contribution in [0.1, 0.15) is 10.4 Å². The van der Waals surface area contributed by atoms with E-state index in [-0.39, 0.29) is 11.5 Å². The lowest BCUT2D eigenvalue weighted by Gasteiger charge is -2.09. The van der Waals surface area contributed by atoms with Crippen molar-refractivity contribution in [1.29, 1.82) is 0 Å². The molecule has 0 aliphatic rings. The number of fused-ring (bicyclic) bond motifs is 2. The fraction of sp³-hybridized carbons (Fsp3) is 0. The van der Waals surface area contributed by atoms with Crippen molar-refractivity contribution in [2.24, 2.45) is 0 Å². The van der Waals surface area contributed by atoms with E-state index in [1.165, 1.54) is 11.3 Å². The number of amides is 1. The van der Waals surface area contributed by atoms with Crippen LogP contribution in [0.5, 0.6) is 0 Å². The number of para-hydroxylation sites is 1. The predicted molar refractivity (Wildman–Crippen MR) is 154 cm³/mol. The third kappa shape index (κ3) is 4.20. The molecule has 0 atom stereocenters. The van der Waals surface area contributed by atoms with Gasteiger partial charge < -0.3 is 15.3 Å². The summed E-state index contributed by atoms with van der Waals surface area (Å²) >= 11 is 1.48. The van der Waals surface area contributed by atoms with E-state index in [1.807, 2.05) is 89.6 Å². The van der Waals surface area contributed by atoms with Gasteiger partial charge in [-0.3, -0.25) is 9.59 Å². The molecule has 1 amide bonds. The summed E-state index contributed by atoms with van der Waals surface area (Å²) in [6, 6.07) is 28.6. The second-order valence-electron chi connectivity index (χ2n) is 9.05. The lowest BCUT2D eigenvalue weighted by molar-refractivity contribution is 0.102. The molecular formula is C30H20N6O2S. The molecule has 0 unspecified atom stereocenters. The average Bonchev–Trinajstić information content (AvgIpc) is 3.71. The van der Waals surface area contributed by atoms with Crippen molar-refractivity contribution >= 4 is 45.0 Å². The molecule has 4 heterocycles. The van der Waals surface area contributed by atoms with Crippen molar-refractivity contribution in [2.45, 2.75) is 0 Å². The number of aromatic nitrogens is 5. The summed E-state index contributed by atoms with van der Waals surface area (Å²) in [4.78, 5) is 36.7. The second-order valence-corrected chi connectivity index (χ2v) is 9.80. The van der Waals surface area contributed by atoms with Gasteiger partial charge in [0, 0.05) is 38.9 Å². The number of H-pyrrole nitrogens is 2. The van der Waals surface area contributed by atoms with Crippen molar-refractivity contribution in [1.82, 2.24) is 24.7 Å². The number of nitrogens with one attached hydrogen (secondary N) is 3. The van der Waals surface area contributed by atoms with Crippen LogP contribution in [0.15, 0.2) is 107 Å². The minimum absolute atomic E-state index is 0.270. The Labute approximate surface area is 225 Å². The lowest BCUT2D eigenvalue weighted by atomic mass is 10.1. The molecule has 0 saturated carbocycles. The SMILES string of the molecule is O=C(Nc1cc(-c2ccccc2)nn1-c1ccccc1)c1ccc2[nH]c(-c3nc4cscc4[nH]c3=O)cc2c1. The highest BCUT2D eigenvalue weighted by atomic mass is 32.1. The van der Waals surface area contributed by atoms with Crippen LogP contribution in [-0.2, 0) is 0 Å². The van der Waals surface area contributed by atoms with Crippen LogP contribution >= 0.6 is 11.3 Å². The molecule has 3 aromatic carbocycles. The number of rotatable bonds is 5. The summed E-state index contributed by atoms with van der Waals surface area (Å²) in [6.07, 6.45) is 0. The topological polar surface area (TPSA) is 108 Å². The molecule has 3 N–H and O–H groups in total. The third-order valence-electron chi connectivity index (χ3n) is 6.50. The van der Waals surface area contributed by atoms with E-state index in [4.69, 9.17) is 5.10 Å². The van der Waals surface area contributed by atoms with Crippen LogP contribution in [0.2, 0.25) is 0 Å². The maximum Gasteiger partial charge on any atom is 0.276 e. The number of aromatic amines is 2. The first-order chi connectivity index (χ1) is 19.1. The van der Waals surface area contributed by atoms with Gasteiger partial charge in [-0.15, -0.1) is 11.3 Å². The molecule has 0 aliphatic carbocycles. The summed E-state index contributed by atoms with van der Waals surface area (Å²) in [5.41, 5.74) is 5.89. The number of nitrogens with zero attached hydrogens (tertiary/aromatic N) is 3. The molecule has 0 saturated heterocycles. The normalized spacial score (nSPS) is 11.3. The van der Waals surface area contributed by atoms with E-state index >= 15 is 0 Å². The number of carbonyl (C=O) groups excluding carboxylic acids is 1. The molecule has 188 valence electrons. The highest BCUT2D eigenvalue weighted by molar-refractivity contribution is 7.09. The van der Waals surface area contributed by atoms with E-state index in [2.05, 4.69) is 20.3 Å². The van der Waals surface area contributed by atoms with E-state index in [1.54, 1.807) is 16.8 Å². The Morgan fingerprint density at radius 2 is 1.64 bits per heavy atom. The maximum atomic E-state index is 13.4. The average molecular weight is 529 g/mol. The molecule has 7 aromatic rings. The third-order valence-corrected chi connectivity index (χ3v) is 7.23. The minimum Gasteiger partial charge on any atom is -0.353 e. The number of thiophene rings is 1. The summed E-state index contributed by atoms with van der Waals surface area (Å²) < 4.78 is 1.73. The van der Waals surface area contributed by atoms with Crippen LogP contribution in [0.3, 0.4) is 0 Å². The highest BCUT2D eigenvalue weighted by Gasteiger charge is 2.17. The lowest BCUT2D eigenvalue weighted by Crippen LogP contribution is -2.15. The van der Waals surface area contributed by atoms with Gasteiger partial charge >= 0.3 is 0 Å². The van der Waals surface area contributed by atoms with E-state index in [0.717, 1.165) is 33.4 Å². The number of hydrogen-bond acceptors (Lipinski definition) is 5. The molecule has 8 nitrogen and oxygen atoms in total. The standard InChI is InChI=1S/C30H20N6O2S/c37-29(34-27-15-23(18-7-3-1-4-8-18)35-36(27)21-9-5-2-6-10-21)19-11-12-22-20(13-19)14-24(31-22)28-30(38)33-26-17-39-16-25(26)32-28/h1-17,31H,(H,33,38)(H,34,37). The first-order valence-electron chi connectivity index (χ1n) is 12.2. The molecular weight excluding hydrogens is 508 g/mol. The van der Waals surface area contributed by atoms with Crippen LogP contribution in [-0.4, -0.2) is 30.6 Å². The fourth-order valence-electron chi connectivity index (χ4n) is 4.58. The van der Waals surface area contributed by atoms with Gasteiger partial charge in [0.1, 0.15) is 5.82 Å². The molecule has 0 radical (unpaired) electrons. The van der Waals surface area contributed by atoms with Crippen molar-refractivity contribution in [3.8, 4) is 28.3 Å². The van der Waals surface area contributed by atoms with Gasteiger partial charge in [-0.2, -0.15) is 5.10 Å². The van der Waals surface area contributed by atoms with Gasteiger partial charge in [0.05, 0.1) is 28.1 Å². The summed E-state index contributed by atoms with van der Waals surface area (Å²) in [5, 5.41) is 12.3. The van der Waals surface area contributed by atoms with Gasteiger partial charge in [-0.05, 0) is 36.4 Å². The number of hydrogen-bond donors (Lipinski definition) is 3. The first-order valence-corrected chi connectivity index (χ1v) is 13.2. The van der Waals surface area contributed by atoms with Crippen molar-refractivity contribution in [3.05, 3.63) is 118 Å². The Kier molecular flexibility index (Phi) is 5.42. The van der Waals surface area contributed by atoms with Gasteiger partial charge in [0.15, 0.2) is 5.69 Å². The van der Waals surface area contributed by atoms with Gasteiger partial charge in [0.2, 0.25) is 0 Å². The van der Waals surface area contributed by atoms with Crippen molar-refractivity contribution < 1.29 is 4.79 Å². The van der Waals surface area contributed by atoms with Gasteiger partial charge in [0.25, 0.3) is 11.5 Å². The monoisotopic (exact) mass is 528 g/mol. The zero-order valence-electron chi connectivity index (χ0n) is 20.4. The molecule has 9 heteroatoms. The van der Waals surface area contributed by atoms with E-state index in [0.29, 0.717) is 28.3 Å².